The summed E-state index contributed by atoms with van der Waals surface area (Å²) in [5.41, 5.74) is 1.65. The standard InChI is InChI=1S/C24H26N3O4S/c1-16-21(26-22(31-16)18-12-8-5-9-13-18)27(3)23(28)20(32-24(27)29)19(30-15-14-25-2)17-10-6-4-7-11-17/h4-13,19-20,25H,14-15H2,1-3H3/q+1. The average molecular weight is 453 g/mol. The summed E-state index contributed by atoms with van der Waals surface area (Å²) in [5.74, 6) is 0.878. The molecule has 3 aromatic rings. The van der Waals surface area contributed by atoms with Gasteiger partial charge in [-0.3, -0.25) is 0 Å². The van der Waals surface area contributed by atoms with Gasteiger partial charge in [0.15, 0.2) is 11.0 Å². The topological polar surface area (TPSA) is 81.4 Å². The zero-order valence-electron chi connectivity index (χ0n) is 18.3. The third-order valence-electron chi connectivity index (χ3n) is 5.55. The number of nitrogens with zero attached hydrogens (tertiary/aromatic N) is 2. The molecule has 1 fully saturated rings. The Balaban J connectivity index is 1.69. The van der Waals surface area contributed by atoms with E-state index in [1.165, 1.54) is 0 Å². The Morgan fingerprint density at radius 1 is 1.12 bits per heavy atom. The van der Waals surface area contributed by atoms with Crippen molar-refractivity contribution in [1.29, 1.82) is 0 Å². The van der Waals surface area contributed by atoms with Gasteiger partial charge in [-0.25, -0.2) is 9.59 Å². The molecule has 7 nitrogen and oxygen atoms in total. The molecule has 0 bridgehead atoms. The minimum absolute atomic E-state index is 0.269. The van der Waals surface area contributed by atoms with Crippen LogP contribution in [0.4, 0.5) is 10.6 Å². The molecule has 1 saturated heterocycles. The van der Waals surface area contributed by atoms with Crippen molar-refractivity contribution in [2.75, 3.05) is 27.2 Å². The average Bonchev–Trinajstić information content (AvgIpc) is 3.32. The Morgan fingerprint density at radius 3 is 2.44 bits per heavy atom. The number of imide groups is 1. The minimum Gasteiger partial charge on any atom is -0.435 e. The number of aromatic nitrogens is 1. The van der Waals surface area contributed by atoms with Crippen LogP contribution in [0.25, 0.3) is 11.5 Å². The Hall–Kier alpha value is -2.78. The summed E-state index contributed by atoms with van der Waals surface area (Å²) in [6.07, 6.45) is -0.549. The summed E-state index contributed by atoms with van der Waals surface area (Å²) >= 11 is 1.01. The fourth-order valence-corrected chi connectivity index (χ4v) is 5.06. The number of rotatable bonds is 8. The zero-order valence-corrected chi connectivity index (χ0v) is 19.1. The van der Waals surface area contributed by atoms with E-state index < -0.39 is 15.8 Å². The number of thioether (sulfide) groups is 1. The third kappa shape index (κ3) is 4.02. The molecule has 0 aliphatic carbocycles. The van der Waals surface area contributed by atoms with E-state index in [1.54, 1.807) is 14.0 Å². The van der Waals surface area contributed by atoms with Crippen molar-refractivity contribution in [2.24, 2.45) is 0 Å². The van der Waals surface area contributed by atoms with E-state index in [1.807, 2.05) is 67.7 Å². The summed E-state index contributed by atoms with van der Waals surface area (Å²) in [7, 11) is 3.43. The second-order valence-electron chi connectivity index (χ2n) is 7.72. The molecule has 4 rings (SSSR count). The van der Waals surface area contributed by atoms with E-state index in [9.17, 15) is 9.59 Å². The van der Waals surface area contributed by atoms with Gasteiger partial charge in [-0.1, -0.05) is 48.5 Å². The monoisotopic (exact) mass is 452 g/mol. The fourth-order valence-electron chi connectivity index (χ4n) is 3.79. The smallest absolute Gasteiger partial charge is 0.389 e. The first-order chi connectivity index (χ1) is 15.5. The van der Waals surface area contributed by atoms with E-state index in [-0.39, 0.29) is 11.1 Å². The first kappa shape index (κ1) is 22.4. The molecule has 166 valence electrons. The molecule has 3 atom stereocenters. The highest BCUT2D eigenvalue weighted by atomic mass is 32.2. The van der Waals surface area contributed by atoms with Crippen LogP contribution in [-0.2, 0) is 9.53 Å². The number of amides is 2. The van der Waals surface area contributed by atoms with Gasteiger partial charge in [0.25, 0.3) is 5.82 Å². The van der Waals surface area contributed by atoms with Crippen LogP contribution < -0.4 is 9.80 Å². The molecule has 2 amide bonds. The zero-order chi connectivity index (χ0) is 22.7. The summed E-state index contributed by atoms with van der Waals surface area (Å²) in [5, 5.41) is 2.05. The molecule has 0 radical (unpaired) electrons. The lowest BCUT2D eigenvalue weighted by molar-refractivity contribution is -0.128. The van der Waals surface area contributed by atoms with Crippen molar-refractivity contribution in [3.8, 4) is 11.5 Å². The molecular formula is C24H26N3O4S+. The van der Waals surface area contributed by atoms with Gasteiger partial charge in [0, 0.05) is 19.0 Å². The second-order valence-corrected chi connectivity index (χ2v) is 8.81. The second kappa shape index (κ2) is 9.38. The van der Waals surface area contributed by atoms with Crippen LogP contribution in [0.5, 0.6) is 0 Å². The number of ether oxygens (including phenoxy) is 1. The first-order valence-corrected chi connectivity index (χ1v) is 11.3. The molecule has 1 N–H and O–H groups in total. The maximum absolute atomic E-state index is 13.7. The normalized spacial score (nSPS) is 21.8. The number of carbonyl (C=O) groups excluding carboxylic acids is 2. The number of likely N-dealkylation sites (N-methyl/N-ethyl adjacent to an activating group) is 1. The molecule has 1 aliphatic rings. The number of hydrogen-bond donors (Lipinski definition) is 1. The SMILES string of the molecule is CNCCOC(c1ccccc1)C1SC(=O)[N+](C)(c2nc(-c3ccccc3)oc2C)C1=O. The van der Waals surface area contributed by atoms with E-state index >= 15 is 0 Å². The largest absolute Gasteiger partial charge is 0.435 e. The number of quaternary nitrogens is 1. The van der Waals surface area contributed by atoms with E-state index in [2.05, 4.69) is 10.3 Å². The van der Waals surface area contributed by atoms with Crippen LogP contribution in [0.3, 0.4) is 0 Å². The lowest BCUT2D eigenvalue weighted by Crippen LogP contribution is -2.52. The quantitative estimate of drug-likeness (QED) is 0.402. The fraction of sp³-hybridized carbons (Fsp3) is 0.292. The van der Waals surface area contributed by atoms with Gasteiger partial charge < -0.3 is 14.5 Å². The summed E-state index contributed by atoms with van der Waals surface area (Å²) < 4.78 is 11.4. The lowest BCUT2D eigenvalue weighted by atomic mass is 10.0. The highest BCUT2D eigenvalue weighted by Gasteiger charge is 2.60. The lowest BCUT2D eigenvalue weighted by Gasteiger charge is -2.23. The molecule has 2 aromatic carbocycles. The van der Waals surface area contributed by atoms with Crippen molar-refractivity contribution in [2.45, 2.75) is 18.3 Å². The molecule has 32 heavy (non-hydrogen) atoms. The molecule has 0 saturated carbocycles. The molecule has 1 aliphatic heterocycles. The number of oxazole rings is 1. The first-order valence-electron chi connectivity index (χ1n) is 10.4. The Bertz CT molecular complexity index is 1100. The molecule has 3 unspecified atom stereocenters. The van der Waals surface area contributed by atoms with Crippen LogP contribution >= 0.6 is 11.8 Å². The van der Waals surface area contributed by atoms with Gasteiger partial charge in [-0.05, 0) is 36.5 Å². The predicted octanol–water partition coefficient (Wildman–Crippen LogP) is 4.33. The van der Waals surface area contributed by atoms with Gasteiger partial charge in [0.1, 0.15) is 6.10 Å². The van der Waals surface area contributed by atoms with Crippen LogP contribution in [0.1, 0.15) is 17.4 Å². The molecule has 1 aromatic heterocycles. The van der Waals surface area contributed by atoms with Crippen molar-refractivity contribution in [1.82, 2.24) is 14.8 Å². The van der Waals surface area contributed by atoms with E-state index in [4.69, 9.17) is 9.15 Å². The number of carbonyl (C=O) groups is 2. The number of aryl methyl sites for hydroxylation is 1. The van der Waals surface area contributed by atoms with Gasteiger partial charge in [0.2, 0.25) is 5.89 Å². The minimum atomic E-state index is -0.692. The van der Waals surface area contributed by atoms with Crippen LogP contribution in [0.15, 0.2) is 65.1 Å². The Kier molecular flexibility index (Phi) is 6.57. The van der Waals surface area contributed by atoms with E-state index in [0.717, 1.165) is 22.9 Å². The molecule has 0 spiro atoms. The summed E-state index contributed by atoms with van der Waals surface area (Å²) in [6.45, 7) is 2.78. The highest BCUT2D eigenvalue weighted by Crippen LogP contribution is 2.45. The van der Waals surface area contributed by atoms with Gasteiger partial charge >= 0.3 is 11.1 Å². The third-order valence-corrected chi connectivity index (χ3v) is 6.82. The maximum atomic E-state index is 13.7. The summed E-state index contributed by atoms with van der Waals surface area (Å²) in [4.78, 5) is 31.6. The van der Waals surface area contributed by atoms with Crippen molar-refractivity contribution >= 4 is 28.7 Å². The molecule has 2 heterocycles. The number of nitrogens with one attached hydrogen (secondary N) is 1. The Labute approximate surface area is 191 Å². The number of hydrogen-bond acceptors (Lipinski definition) is 7. The molecule has 8 heteroatoms. The predicted molar refractivity (Wildman–Crippen MR) is 125 cm³/mol. The van der Waals surface area contributed by atoms with Crippen molar-refractivity contribution in [3.63, 3.8) is 0 Å². The maximum Gasteiger partial charge on any atom is 0.389 e. The van der Waals surface area contributed by atoms with Crippen molar-refractivity contribution in [3.05, 3.63) is 72.0 Å². The molecular weight excluding hydrogens is 426 g/mol. The highest BCUT2D eigenvalue weighted by molar-refractivity contribution is 8.15. The number of benzene rings is 2. The van der Waals surface area contributed by atoms with E-state index in [0.29, 0.717) is 30.6 Å². The Morgan fingerprint density at radius 2 is 1.78 bits per heavy atom. The van der Waals surface area contributed by atoms with Gasteiger partial charge in [0.05, 0.1) is 13.7 Å². The van der Waals surface area contributed by atoms with Crippen LogP contribution in [0.2, 0.25) is 0 Å². The summed E-state index contributed by atoms with van der Waals surface area (Å²) in [6, 6.07) is 19.0. The van der Waals surface area contributed by atoms with Crippen molar-refractivity contribution < 1.29 is 18.7 Å². The van der Waals surface area contributed by atoms with Gasteiger partial charge in [-0.2, -0.15) is 4.98 Å². The van der Waals surface area contributed by atoms with Gasteiger partial charge in [-0.15, -0.1) is 4.48 Å². The van der Waals surface area contributed by atoms with Crippen LogP contribution in [-0.4, -0.2) is 48.6 Å². The van der Waals surface area contributed by atoms with Crippen LogP contribution in [0, 0.1) is 6.92 Å².